The topological polar surface area (TPSA) is 77.5 Å². The van der Waals surface area contributed by atoms with Crippen molar-refractivity contribution in [2.75, 3.05) is 14.2 Å². The minimum atomic E-state index is -0.658. The fraction of sp³-hybridized carbons (Fsp3) is 0.500. The molecule has 0 radical (unpaired) electrons. The number of nitrogens with one attached hydrogen (secondary N) is 1. The quantitative estimate of drug-likeness (QED) is 0.797. The van der Waals surface area contributed by atoms with Gasteiger partial charge in [-0.05, 0) is 18.4 Å². The van der Waals surface area contributed by atoms with Gasteiger partial charge in [0.05, 0.1) is 19.8 Å². The van der Waals surface area contributed by atoms with Crippen LogP contribution in [0.15, 0.2) is 18.3 Å². The first-order valence-corrected chi connectivity index (χ1v) is 6.36. The fourth-order valence-corrected chi connectivity index (χ4v) is 1.70. The molecular formula is C14H20N2O4. The van der Waals surface area contributed by atoms with Crippen LogP contribution in [-0.2, 0) is 9.53 Å². The van der Waals surface area contributed by atoms with Gasteiger partial charge in [-0.25, -0.2) is 9.78 Å². The molecule has 0 aliphatic carbocycles. The lowest BCUT2D eigenvalue weighted by Crippen LogP contribution is -2.42. The van der Waals surface area contributed by atoms with E-state index in [4.69, 9.17) is 9.47 Å². The van der Waals surface area contributed by atoms with E-state index < -0.39 is 12.0 Å². The smallest absolute Gasteiger partial charge is 0.328 e. The SMILES string of the molecule is COC(=O)C(CC(C)C)NC(=O)c1ccc(OC)nc1. The number of amides is 1. The molecule has 1 heterocycles. The third-order valence-corrected chi connectivity index (χ3v) is 2.71. The van der Waals surface area contributed by atoms with Crippen LogP contribution in [0.4, 0.5) is 0 Å². The molecule has 1 rings (SSSR count). The van der Waals surface area contributed by atoms with Gasteiger partial charge in [0.25, 0.3) is 5.91 Å². The van der Waals surface area contributed by atoms with Gasteiger partial charge in [-0.15, -0.1) is 0 Å². The van der Waals surface area contributed by atoms with Crippen LogP contribution in [0.3, 0.4) is 0 Å². The fourth-order valence-electron chi connectivity index (χ4n) is 1.70. The molecule has 0 bridgehead atoms. The summed E-state index contributed by atoms with van der Waals surface area (Å²) in [5.74, 6) is -0.133. The van der Waals surface area contributed by atoms with Crippen molar-refractivity contribution >= 4 is 11.9 Å². The summed E-state index contributed by atoms with van der Waals surface area (Å²) < 4.78 is 9.62. The number of hydrogen-bond donors (Lipinski definition) is 1. The highest BCUT2D eigenvalue weighted by molar-refractivity contribution is 5.96. The first-order chi connectivity index (χ1) is 9.47. The van der Waals surface area contributed by atoms with Crippen molar-refractivity contribution < 1.29 is 19.1 Å². The van der Waals surface area contributed by atoms with Crippen molar-refractivity contribution in [2.24, 2.45) is 5.92 Å². The Morgan fingerprint density at radius 2 is 2.00 bits per heavy atom. The molecule has 0 saturated heterocycles. The van der Waals surface area contributed by atoms with Crippen LogP contribution in [0.1, 0.15) is 30.6 Å². The van der Waals surface area contributed by atoms with E-state index in [0.29, 0.717) is 17.9 Å². The van der Waals surface area contributed by atoms with Gasteiger partial charge in [-0.1, -0.05) is 13.8 Å². The lowest BCUT2D eigenvalue weighted by molar-refractivity contribution is -0.143. The summed E-state index contributed by atoms with van der Waals surface area (Å²) in [6, 6.07) is 2.52. The van der Waals surface area contributed by atoms with Gasteiger partial charge >= 0.3 is 5.97 Å². The van der Waals surface area contributed by atoms with Crippen LogP contribution >= 0.6 is 0 Å². The second-order valence-corrected chi connectivity index (χ2v) is 4.77. The van der Waals surface area contributed by atoms with Gasteiger partial charge in [0.15, 0.2) is 0 Å². The van der Waals surface area contributed by atoms with E-state index in [2.05, 4.69) is 10.3 Å². The lowest BCUT2D eigenvalue weighted by Gasteiger charge is -2.18. The molecule has 20 heavy (non-hydrogen) atoms. The Kier molecular flexibility index (Phi) is 5.96. The Hall–Kier alpha value is -2.11. The van der Waals surface area contributed by atoms with E-state index in [1.807, 2.05) is 13.8 Å². The molecule has 1 aromatic heterocycles. The molecule has 0 aliphatic rings. The average molecular weight is 280 g/mol. The molecule has 0 fully saturated rings. The second-order valence-electron chi connectivity index (χ2n) is 4.77. The molecule has 1 aromatic rings. The number of methoxy groups -OCH3 is 2. The van der Waals surface area contributed by atoms with Gasteiger partial charge in [-0.2, -0.15) is 0 Å². The van der Waals surface area contributed by atoms with Crippen molar-refractivity contribution in [1.82, 2.24) is 10.3 Å². The average Bonchev–Trinajstić information content (AvgIpc) is 2.45. The van der Waals surface area contributed by atoms with Crippen LogP contribution in [0.2, 0.25) is 0 Å². The highest BCUT2D eigenvalue weighted by Gasteiger charge is 2.23. The van der Waals surface area contributed by atoms with E-state index in [1.54, 1.807) is 12.1 Å². The molecule has 1 atom stereocenters. The lowest BCUT2D eigenvalue weighted by atomic mass is 10.0. The Morgan fingerprint density at radius 3 is 2.45 bits per heavy atom. The number of aromatic nitrogens is 1. The number of carbonyl (C=O) groups is 2. The number of esters is 1. The summed E-state index contributed by atoms with van der Waals surface area (Å²) in [7, 11) is 2.80. The number of pyridine rings is 1. The predicted molar refractivity (Wildman–Crippen MR) is 73.5 cm³/mol. The maximum atomic E-state index is 12.1. The number of rotatable bonds is 6. The molecule has 0 aromatic carbocycles. The Labute approximate surface area is 118 Å². The zero-order chi connectivity index (χ0) is 15.1. The first kappa shape index (κ1) is 15.9. The Balaban J connectivity index is 2.76. The van der Waals surface area contributed by atoms with E-state index in [1.165, 1.54) is 20.4 Å². The molecule has 0 saturated carbocycles. The summed E-state index contributed by atoms with van der Waals surface area (Å²) in [4.78, 5) is 27.7. The second kappa shape index (κ2) is 7.47. The highest BCUT2D eigenvalue weighted by Crippen LogP contribution is 2.09. The third-order valence-electron chi connectivity index (χ3n) is 2.71. The molecule has 110 valence electrons. The zero-order valence-corrected chi connectivity index (χ0v) is 12.2. The number of hydrogen-bond acceptors (Lipinski definition) is 5. The highest BCUT2D eigenvalue weighted by atomic mass is 16.5. The summed E-state index contributed by atoms with van der Waals surface area (Å²) in [5.41, 5.74) is 0.364. The minimum Gasteiger partial charge on any atom is -0.481 e. The summed E-state index contributed by atoms with van der Waals surface area (Å²) in [5, 5.41) is 2.66. The summed E-state index contributed by atoms with van der Waals surface area (Å²) in [6.45, 7) is 3.94. The predicted octanol–water partition coefficient (Wildman–Crippen LogP) is 1.41. The molecule has 1 N–H and O–H groups in total. The molecular weight excluding hydrogens is 260 g/mol. The minimum absolute atomic E-state index is 0.258. The van der Waals surface area contributed by atoms with Crippen LogP contribution in [-0.4, -0.2) is 37.1 Å². The molecule has 0 spiro atoms. The number of ether oxygens (including phenoxy) is 2. The van der Waals surface area contributed by atoms with Crippen LogP contribution in [0, 0.1) is 5.92 Å². The molecule has 1 amide bonds. The standard InChI is InChI=1S/C14H20N2O4/c1-9(2)7-11(14(18)20-4)16-13(17)10-5-6-12(19-3)15-8-10/h5-6,8-9,11H,7H2,1-4H3,(H,16,17). The number of nitrogens with zero attached hydrogens (tertiary/aromatic N) is 1. The Bertz CT molecular complexity index is 457. The van der Waals surface area contributed by atoms with Crippen LogP contribution in [0.5, 0.6) is 5.88 Å². The van der Waals surface area contributed by atoms with Crippen molar-refractivity contribution in [1.29, 1.82) is 0 Å². The summed E-state index contributed by atoms with van der Waals surface area (Å²) in [6.07, 6.45) is 1.92. The normalized spacial score (nSPS) is 11.8. The van der Waals surface area contributed by atoms with Gasteiger partial charge in [0.1, 0.15) is 6.04 Å². The van der Waals surface area contributed by atoms with E-state index in [9.17, 15) is 9.59 Å². The van der Waals surface area contributed by atoms with Crippen molar-refractivity contribution in [3.8, 4) is 5.88 Å². The first-order valence-electron chi connectivity index (χ1n) is 6.36. The van der Waals surface area contributed by atoms with Gasteiger partial charge < -0.3 is 14.8 Å². The monoisotopic (exact) mass is 280 g/mol. The largest absolute Gasteiger partial charge is 0.481 e. The van der Waals surface area contributed by atoms with Crippen molar-refractivity contribution in [2.45, 2.75) is 26.3 Å². The van der Waals surface area contributed by atoms with E-state index >= 15 is 0 Å². The Morgan fingerprint density at radius 1 is 1.30 bits per heavy atom. The third kappa shape index (κ3) is 4.53. The maximum Gasteiger partial charge on any atom is 0.328 e. The molecule has 6 heteroatoms. The van der Waals surface area contributed by atoms with Crippen LogP contribution < -0.4 is 10.1 Å². The molecule has 0 aliphatic heterocycles. The molecule has 6 nitrogen and oxygen atoms in total. The van der Waals surface area contributed by atoms with Gasteiger partial charge in [0, 0.05) is 12.3 Å². The molecule has 1 unspecified atom stereocenters. The number of carbonyl (C=O) groups excluding carboxylic acids is 2. The summed E-state index contributed by atoms with van der Waals surface area (Å²) >= 11 is 0. The maximum absolute atomic E-state index is 12.1. The van der Waals surface area contributed by atoms with Crippen molar-refractivity contribution in [3.63, 3.8) is 0 Å². The van der Waals surface area contributed by atoms with Crippen molar-refractivity contribution in [3.05, 3.63) is 23.9 Å². The van der Waals surface area contributed by atoms with E-state index in [0.717, 1.165) is 0 Å². The van der Waals surface area contributed by atoms with Gasteiger partial charge in [-0.3, -0.25) is 4.79 Å². The van der Waals surface area contributed by atoms with E-state index in [-0.39, 0.29) is 11.8 Å². The zero-order valence-electron chi connectivity index (χ0n) is 12.2. The van der Waals surface area contributed by atoms with Gasteiger partial charge in [0.2, 0.25) is 5.88 Å². The van der Waals surface area contributed by atoms with Crippen LogP contribution in [0.25, 0.3) is 0 Å².